The first kappa shape index (κ1) is 15.3. The molecule has 5 heteroatoms. The molecule has 1 saturated heterocycles. The van der Waals surface area contributed by atoms with Crippen LogP contribution in [0.25, 0.3) is 16.8 Å². The van der Waals surface area contributed by atoms with E-state index in [0.29, 0.717) is 5.57 Å². The van der Waals surface area contributed by atoms with Gasteiger partial charge in [-0.1, -0.05) is 34.5 Å². The Morgan fingerprint density at radius 1 is 1.23 bits per heavy atom. The fraction of sp³-hybridized carbons (Fsp3) is 0.294. The van der Waals surface area contributed by atoms with Crippen LogP contribution in [0.4, 0.5) is 0 Å². The van der Waals surface area contributed by atoms with Crippen LogP contribution in [0.3, 0.4) is 0 Å². The first-order valence-electron chi connectivity index (χ1n) is 7.37. The third-order valence-corrected chi connectivity index (χ3v) is 5.10. The van der Waals surface area contributed by atoms with Crippen molar-refractivity contribution in [1.29, 1.82) is 5.26 Å². The van der Waals surface area contributed by atoms with Gasteiger partial charge in [0.1, 0.15) is 16.6 Å². The molecule has 0 unspecified atom stereocenters. The molecule has 0 saturated carbocycles. The quantitative estimate of drug-likeness (QED) is 0.755. The standard InChI is InChI=1S/C17H16BrN3S/c18-13-7-5-12(6-8-13)16-11-22-17(21-16)14(10-19)15-4-2-1-3-9-20-15/h5-8,11,20H,1-4,9H2/b15-14+. The summed E-state index contributed by atoms with van der Waals surface area (Å²) >= 11 is 4.98. The van der Waals surface area contributed by atoms with Gasteiger partial charge in [0.05, 0.1) is 5.69 Å². The van der Waals surface area contributed by atoms with Gasteiger partial charge in [-0.3, -0.25) is 0 Å². The zero-order valence-corrected chi connectivity index (χ0v) is 14.5. The van der Waals surface area contributed by atoms with Gasteiger partial charge in [0.25, 0.3) is 0 Å². The summed E-state index contributed by atoms with van der Waals surface area (Å²) in [6.07, 6.45) is 4.47. The number of hydrogen-bond acceptors (Lipinski definition) is 4. The lowest BCUT2D eigenvalue weighted by atomic mass is 10.1. The van der Waals surface area contributed by atoms with Gasteiger partial charge in [-0.15, -0.1) is 11.3 Å². The number of rotatable bonds is 2. The van der Waals surface area contributed by atoms with E-state index in [0.717, 1.165) is 45.8 Å². The van der Waals surface area contributed by atoms with Gasteiger partial charge in [0.2, 0.25) is 0 Å². The summed E-state index contributed by atoms with van der Waals surface area (Å²) in [4.78, 5) is 4.67. The van der Waals surface area contributed by atoms with Gasteiger partial charge in [0, 0.05) is 27.7 Å². The van der Waals surface area contributed by atoms with Crippen molar-refractivity contribution in [2.75, 3.05) is 6.54 Å². The number of benzene rings is 1. The van der Waals surface area contributed by atoms with Crippen molar-refractivity contribution in [1.82, 2.24) is 10.3 Å². The molecule has 0 radical (unpaired) electrons. The number of halogens is 1. The number of thiazole rings is 1. The Labute approximate surface area is 142 Å². The molecule has 1 aromatic carbocycles. The molecule has 2 heterocycles. The van der Waals surface area contributed by atoms with Gasteiger partial charge in [-0.05, 0) is 31.4 Å². The first-order chi connectivity index (χ1) is 10.8. The topological polar surface area (TPSA) is 48.7 Å². The maximum atomic E-state index is 9.55. The Kier molecular flexibility index (Phi) is 4.91. The minimum atomic E-state index is 0.704. The summed E-state index contributed by atoms with van der Waals surface area (Å²) < 4.78 is 1.05. The Morgan fingerprint density at radius 3 is 2.82 bits per heavy atom. The van der Waals surface area contributed by atoms with Crippen molar-refractivity contribution in [3.8, 4) is 17.3 Å². The van der Waals surface area contributed by atoms with Crippen LogP contribution in [0.1, 0.15) is 30.7 Å². The van der Waals surface area contributed by atoms with Crippen LogP contribution in [-0.2, 0) is 0 Å². The molecule has 3 rings (SSSR count). The van der Waals surface area contributed by atoms with E-state index in [1.165, 1.54) is 24.2 Å². The molecule has 0 spiro atoms. The van der Waals surface area contributed by atoms with Gasteiger partial charge >= 0.3 is 0 Å². The lowest BCUT2D eigenvalue weighted by Gasteiger charge is -2.07. The maximum Gasteiger partial charge on any atom is 0.136 e. The highest BCUT2D eigenvalue weighted by molar-refractivity contribution is 9.10. The second-order valence-corrected chi connectivity index (χ2v) is 7.02. The second kappa shape index (κ2) is 7.08. The van der Waals surface area contributed by atoms with Crippen molar-refractivity contribution >= 4 is 32.8 Å². The molecule has 1 fully saturated rings. The number of nitrogens with one attached hydrogen (secondary N) is 1. The van der Waals surface area contributed by atoms with Gasteiger partial charge in [-0.2, -0.15) is 5.26 Å². The van der Waals surface area contributed by atoms with Crippen LogP contribution in [0.2, 0.25) is 0 Å². The van der Waals surface area contributed by atoms with E-state index < -0.39 is 0 Å². The fourth-order valence-corrected chi connectivity index (χ4v) is 3.64. The highest BCUT2D eigenvalue weighted by Gasteiger charge is 2.15. The molecule has 0 aliphatic carbocycles. The zero-order chi connectivity index (χ0) is 15.4. The van der Waals surface area contributed by atoms with Crippen LogP contribution in [0.15, 0.2) is 39.8 Å². The van der Waals surface area contributed by atoms with E-state index >= 15 is 0 Å². The van der Waals surface area contributed by atoms with Crippen molar-refractivity contribution in [2.24, 2.45) is 0 Å². The van der Waals surface area contributed by atoms with E-state index in [-0.39, 0.29) is 0 Å². The number of nitriles is 1. The molecule has 0 amide bonds. The molecule has 3 nitrogen and oxygen atoms in total. The number of hydrogen-bond donors (Lipinski definition) is 1. The van der Waals surface area contributed by atoms with E-state index in [1.54, 1.807) is 0 Å². The van der Waals surface area contributed by atoms with E-state index in [4.69, 9.17) is 0 Å². The molecule has 1 aromatic heterocycles. The minimum Gasteiger partial charge on any atom is -0.387 e. The average molecular weight is 374 g/mol. The number of allylic oxidation sites excluding steroid dienone is 2. The van der Waals surface area contributed by atoms with Crippen molar-refractivity contribution in [3.63, 3.8) is 0 Å². The third kappa shape index (κ3) is 3.40. The molecule has 112 valence electrons. The summed E-state index contributed by atoms with van der Waals surface area (Å²) in [6, 6.07) is 10.4. The maximum absolute atomic E-state index is 9.55. The molecule has 2 aromatic rings. The largest absolute Gasteiger partial charge is 0.387 e. The highest BCUT2D eigenvalue weighted by atomic mass is 79.9. The van der Waals surface area contributed by atoms with Crippen LogP contribution in [0, 0.1) is 11.3 Å². The predicted octanol–water partition coefficient (Wildman–Crippen LogP) is 4.97. The van der Waals surface area contributed by atoms with Crippen LogP contribution >= 0.6 is 27.3 Å². The lowest BCUT2D eigenvalue weighted by molar-refractivity contribution is 0.721. The Bertz CT molecular complexity index is 715. The van der Waals surface area contributed by atoms with Crippen molar-refractivity contribution < 1.29 is 0 Å². The van der Waals surface area contributed by atoms with Gasteiger partial charge in [0.15, 0.2) is 0 Å². The minimum absolute atomic E-state index is 0.704. The molecular weight excluding hydrogens is 358 g/mol. The first-order valence-corrected chi connectivity index (χ1v) is 9.04. The summed E-state index contributed by atoms with van der Waals surface area (Å²) in [5.74, 6) is 0. The monoisotopic (exact) mass is 373 g/mol. The number of nitrogens with zero attached hydrogens (tertiary/aromatic N) is 2. The molecule has 0 bridgehead atoms. The normalized spacial score (nSPS) is 17.3. The van der Waals surface area contributed by atoms with E-state index in [9.17, 15) is 5.26 Å². The van der Waals surface area contributed by atoms with Crippen molar-refractivity contribution in [3.05, 3.63) is 44.8 Å². The third-order valence-electron chi connectivity index (χ3n) is 3.71. The van der Waals surface area contributed by atoms with Crippen LogP contribution < -0.4 is 5.32 Å². The van der Waals surface area contributed by atoms with Gasteiger partial charge < -0.3 is 5.32 Å². The highest BCUT2D eigenvalue weighted by Crippen LogP contribution is 2.29. The molecule has 1 N–H and O–H groups in total. The smallest absolute Gasteiger partial charge is 0.136 e. The summed E-state index contributed by atoms with van der Waals surface area (Å²) in [5.41, 5.74) is 3.75. The van der Waals surface area contributed by atoms with Crippen molar-refractivity contribution in [2.45, 2.75) is 25.7 Å². The van der Waals surface area contributed by atoms with E-state index in [2.05, 4.69) is 32.3 Å². The SMILES string of the molecule is N#C/C(=C1/CCCCCN1)c1nc(-c2ccc(Br)cc2)cs1. The molecule has 22 heavy (non-hydrogen) atoms. The Hall–Kier alpha value is -1.64. The van der Waals surface area contributed by atoms with E-state index in [1.807, 2.05) is 29.6 Å². The summed E-state index contributed by atoms with van der Waals surface area (Å²) in [7, 11) is 0. The molecule has 1 aliphatic rings. The summed E-state index contributed by atoms with van der Waals surface area (Å²) in [6.45, 7) is 0.950. The fourth-order valence-electron chi connectivity index (χ4n) is 2.53. The summed E-state index contributed by atoms with van der Waals surface area (Å²) in [5, 5.41) is 15.8. The lowest BCUT2D eigenvalue weighted by Crippen LogP contribution is -2.13. The Morgan fingerprint density at radius 2 is 2.05 bits per heavy atom. The average Bonchev–Trinajstić information content (AvgIpc) is 2.85. The molecule has 0 atom stereocenters. The second-order valence-electron chi connectivity index (χ2n) is 5.25. The zero-order valence-electron chi connectivity index (χ0n) is 12.1. The predicted molar refractivity (Wildman–Crippen MR) is 94.3 cm³/mol. The van der Waals surface area contributed by atoms with Crippen LogP contribution in [0.5, 0.6) is 0 Å². The Balaban J connectivity index is 1.93. The molecule has 1 aliphatic heterocycles. The number of aromatic nitrogens is 1. The molecular formula is C17H16BrN3S. The van der Waals surface area contributed by atoms with Crippen LogP contribution in [-0.4, -0.2) is 11.5 Å². The van der Waals surface area contributed by atoms with Gasteiger partial charge in [-0.25, -0.2) is 4.98 Å².